The van der Waals surface area contributed by atoms with Gasteiger partial charge in [0.15, 0.2) is 0 Å². The summed E-state index contributed by atoms with van der Waals surface area (Å²) in [7, 11) is 0. The summed E-state index contributed by atoms with van der Waals surface area (Å²) in [6.07, 6.45) is 4.59. The molecule has 8 heteroatoms. The molecule has 6 nitrogen and oxygen atoms in total. The third-order valence-corrected chi connectivity index (χ3v) is 3.56. The van der Waals surface area contributed by atoms with Crippen LogP contribution in [-0.2, 0) is 0 Å². The van der Waals surface area contributed by atoms with Gasteiger partial charge in [0.1, 0.15) is 40.9 Å². The van der Waals surface area contributed by atoms with Crippen LogP contribution >= 0.6 is 0 Å². The number of halogens is 2. The lowest BCUT2D eigenvalue weighted by Crippen LogP contribution is -1.93. The van der Waals surface area contributed by atoms with E-state index in [9.17, 15) is 8.78 Å². The minimum atomic E-state index is -0.724. The number of nitrogens with two attached hydrogens (primary N) is 1. The number of ether oxygens (including phenoxy) is 1. The molecule has 0 bridgehead atoms. The Kier molecular flexibility index (Phi) is 3.50. The topological polar surface area (TPSA) is 89.7 Å². The summed E-state index contributed by atoms with van der Waals surface area (Å²) in [4.78, 5) is 15.3. The number of aromatic amines is 1. The first-order chi connectivity index (χ1) is 12.1. The molecular formula is C17H11F2N5O. The van der Waals surface area contributed by atoms with Crippen LogP contribution in [0.1, 0.15) is 0 Å². The molecule has 0 fully saturated rings. The van der Waals surface area contributed by atoms with E-state index in [1.165, 1.54) is 12.5 Å². The van der Waals surface area contributed by atoms with Crippen molar-refractivity contribution in [2.75, 3.05) is 5.73 Å². The fourth-order valence-electron chi connectivity index (χ4n) is 2.55. The first-order valence-electron chi connectivity index (χ1n) is 7.28. The maximum Gasteiger partial charge on any atom is 0.141 e. The summed E-state index contributed by atoms with van der Waals surface area (Å²) in [6, 6.07) is 6.20. The molecular weight excluding hydrogens is 328 g/mol. The van der Waals surface area contributed by atoms with Crippen LogP contribution < -0.4 is 10.5 Å². The highest BCUT2D eigenvalue weighted by Crippen LogP contribution is 2.36. The Hall–Kier alpha value is -3.55. The van der Waals surface area contributed by atoms with Gasteiger partial charge in [0.25, 0.3) is 0 Å². The molecule has 0 spiro atoms. The second-order valence-corrected chi connectivity index (χ2v) is 5.27. The van der Waals surface area contributed by atoms with Crippen LogP contribution in [0.3, 0.4) is 0 Å². The Balaban J connectivity index is 1.85. The van der Waals surface area contributed by atoms with E-state index in [1.807, 2.05) is 0 Å². The van der Waals surface area contributed by atoms with Crippen molar-refractivity contribution in [1.29, 1.82) is 0 Å². The number of H-pyrrole nitrogens is 1. The number of nitrogens with one attached hydrogen (secondary N) is 1. The van der Waals surface area contributed by atoms with Gasteiger partial charge in [-0.2, -0.15) is 0 Å². The predicted molar refractivity (Wildman–Crippen MR) is 88.0 cm³/mol. The predicted octanol–water partition coefficient (Wildman–Crippen LogP) is 3.67. The quantitative estimate of drug-likeness (QED) is 0.594. The minimum Gasteiger partial charge on any atom is -0.456 e. The fourth-order valence-corrected chi connectivity index (χ4v) is 2.55. The van der Waals surface area contributed by atoms with E-state index in [0.29, 0.717) is 33.9 Å². The third kappa shape index (κ3) is 2.85. The number of hydrogen-bond donors (Lipinski definition) is 2. The normalized spacial score (nSPS) is 11.0. The number of benzene rings is 1. The maximum atomic E-state index is 13.4. The van der Waals surface area contributed by atoms with Crippen LogP contribution in [0.25, 0.3) is 22.3 Å². The van der Waals surface area contributed by atoms with Gasteiger partial charge in [0, 0.05) is 42.2 Å². The van der Waals surface area contributed by atoms with E-state index >= 15 is 0 Å². The number of anilines is 1. The molecule has 0 amide bonds. The van der Waals surface area contributed by atoms with Gasteiger partial charge in [-0.15, -0.1) is 0 Å². The first kappa shape index (κ1) is 15.0. The number of nitrogen functional groups attached to an aromatic ring is 1. The molecule has 3 N–H and O–H groups in total. The molecule has 0 unspecified atom stereocenters. The van der Waals surface area contributed by atoms with E-state index < -0.39 is 11.6 Å². The SMILES string of the molecule is Nc1cc(-c2c[nH]c3nccc(Oc4cc(F)cc(F)c4)c23)ncn1. The number of rotatable bonds is 3. The van der Waals surface area contributed by atoms with Crippen molar-refractivity contribution in [3.8, 4) is 22.8 Å². The Morgan fingerprint density at radius 2 is 1.80 bits per heavy atom. The molecule has 25 heavy (non-hydrogen) atoms. The lowest BCUT2D eigenvalue weighted by molar-refractivity contribution is 0.473. The lowest BCUT2D eigenvalue weighted by Gasteiger charge is -2.09. The Labute approximate surface area is 140 Å². The summed E-state index contributed by atoms with van der Waals surface area (Å²) in [6.45, 7) is 0. The van der Waals surface area contributed by atoms with Gasteiger partial charge in [0.05, 0.1) is 11.1 Å². The van der Waals surface area contributed by atoms with E-state index in [0.717, 1.165) is 18.2 Å². The van der Waals surface area contributed by atoms with Gasteiger partial charge in [-0.3, -0.25) is 0 Å². The lowest BCUT2D eigenvalue weighted by atomic mass is 10.1. The van der Waals surface area contributed by atoms with E-state index in [1.54, 1.807) is 18.3 Å². The van der Waals surface area contributed by atoms with Crippen LogP contribution in [0.5, 0.6) is 11.5 Å². The van der Waals surface area contributed by atoms with Crippen molar-refractivity contribution >= 4 is 16.9 Å². The van der Waals surface area contributed by atoms with E-state index in [-0.39, 0.29) is 5.75 Å². The first-order valence-corrected chi connectivity index (χ1v) is 7.28. The molecule has 4 aromatic rings. The summed E-state index contributed by atoms with van der Waals surface area (Å²) in [5.41, 5.74) is 7.51. The van der Waals surface area contributed by atoms with Crippen molar-refractivity contribution < 1.29 is 13.5 Å². The van der Waals surface area contributed by atoms with Crippen molar-refractivity contribution in [1.82, 2.24) is 19.9 Å². The van der Waals surface area contributed by atoms with Gasteiger partial charge in [-0.05, 0) is 6.07 Å². The van der Waals surface area contributed by atoms with Crippen LogP contribution in [0, 0.1) is 11.6 Å². The van der Waals surface area contributed by atoms with Gasteiger partial charge >= 0.3 is 0 Å². The average molecular weight is 339 g/mol. The van der Waals surface area contributed by atoms with Crippen LogP contribution in [0.15, 0.2) is 49.1 Å². The summed E-state index contributed by atoms with van der Waals surface area (Å²) in [5.74, 6) is -0.711. The average Bonchev–Trinajstić information content (AvgIpc) is 2.99. The fraction of sp³-hybridized carbons (Fsp3) is 0. The highest BCUT2D eigenvalue weighted by atomic mass is 19.1. The van der Waals surface area contributed by atoms with Gasteiger partial charge in [-0.25, -0.2) is 23.7 Å². The van der Waals surface area contributed by atoms with Gasteiger partial charge < -0.3 is 15.5 Å². The van der Waals surface area contributed by atoms with Gasteiger partial charge in [-0.1, -0.05) is 0 Å². The summed E-state index contributed by atoms with van der Waals surface area (Å²) >= 11 is 0. The second kappa shape index (κ2) is 5.82. The molecule has 3 heterocycles. The van der Waals surface area contributed by atoms with Crippen LogP contribution in [-0.4, -0.2) is 19.9 Å². The highest BCUT2D eigenvalue weighted by molar-refractivity contribution is 5.97. The molecule has 0 aliphatic rings. The van der Waals surface area contributed by atoms with Crippen molar-refractivity contribution in [3.05, 3.63) is 60.7 Å². The molecule has 0 aliphatic heterocycles. The van der Waals surface area contributed by atoms with Gasteiger partial charge in [0.2, 0.25) is 0 Å². The van der Waals surface area contributed by atoms with Crippen molar-refractivity contribution in [2.45, 2.75) is 0 Å². The number of fused-ring (bicyclic) bond motifs is 1. The third-order valence-electron chi connectivity index (χ3n) is 3.56. The largest absolute Gasteiger partial charge is 0.456 e. The minimum absolute atomic E-state index is 0.0411. The molecule has 0 saturated carbocycles. The number of aromatic nitrogens is 4. The number of pyridine rings is 1. The molecule has 3 aromatic heterocycles. The maximum absolute atomic E-state index is 13.4. The highest BCUT2D eigenvalue weighted by Gasteiger charge is 2.15. The molecule has 0 saturated heterocycles. The standard InChI is InChI=1S/C17H11F2N5O/c18-9-3-10(19)5-11(4-9)25-14-1-2-21-17-16(14)12(7-22-17)13-6-15(20)24-8-23-13/h1-8H,(H,21,22)(H2,20,23,24). The molecule has 4 rings (SSSR count). The van der Waals surface area contributed by atoms with Crippen molar-refractivity contribution in [2.24, 2.45) is 0 Å². The smallest absolute Gasteiger partial charge is 0.141 e. The molecule has 0 atom stereocenters. The Bertz CT molecular complexity index is 1060. The number of nitrogens with zero attached hydrogens (tertiary/aromatic N) is 3. The summed E-state index contributed by atoms with van der Waals surface area (Å²) < 4.78 is 32.5. The van der Waals surface area contributed by atoms with E-state index in [2.05, 4.69) is 19.9 Å². The van der Waals surface area contributed by atoms with Crippen molar-refractivity contribution in [3.63, 3.8) is 0 Å². The monoisotopic (exact) mass is 339 g/mol. The zero-order chi connectivity index (χ0) is 17.4. The zero-order valence-corrected chi connectivity index (χ0v) is 12.7. The molecule has 124 valence electrons. The zero-order valence-electron chi connectivity index (χ0n) is 12.7. The Morgan fingerprint density at radius 1 is 1.00 bits per heavy atom. The molecule has 0 aliphatic carbocycles. The molecule has 1 aromatic carbocycles. The van der Waals surface area contributed by atoms with Crippen LogP contribution in [0.2, 0.25) is 0 Å². The Morgan fingerprint density at radius 3 is 2.56 bits per heavy atom. The van der Waals surface area contributed by atoms with Crippen LogP contribution in [0.4, 0.5) is 14.6 Å². The summed E-state index contributed by atoms with van der Waals surface area (Å²) in [5, 5.41) is 0.616. The number of hydrogen-bond acceptors (Lipinski definition) is 5. The van der Waals surface area contributed by atoms with E-state index in [4.69, 9.17) is 10.5 Å². The molecule has 0 radical (unpaired) electrons. The second-order valence-electron chi connectivity index (χ2n) is 5.27.